The lowest BCUT2D eigenvalue weighted by atomic mass is 10.1. The van der Waals surface area contributed by atoms with Gasteiger partial charge in [-0.15, -0.1) is 0 Å². The molecule has 1 aromatic carbocycles. The van der Waals surface area contributed by atoms with Crippen molar-refractivity contribution in [3.05, 3.63) is 46.3 Å². The summed E-state index contributed by atoms with van der Waals surface area (Å²) in [7, 11) is 2.67. The van der Waals surface area contributed by atoms with Crippen LogP contribution in [0.3, 0.4) is 0 Å². The highest BCUT2D eigenvalue weighted by molar-refractivity contribution is 6.04. The molecule has 0 bridgehead atoms. The molecule has 8 heteroatoms. The lowest BCUT2D eigenvalue weighted by Crippen LogP contribution is -2.25. The van der Waals surface area contributed by atoms with Crippen molar-refractivity contribution < 1.29 is 33.7 Å². The Bertz CT molecular complexity index is 898. The fourth-order valence-corrected chi connectivity index (χ4v) is 2.69. The smallest absolute Gasteiger partial charge is 0.342 e. The number of methoxy groups -OCH3 is 2. The Hall–Kier alpha value is -3.29. The number of aromatic hydroxyl groups is 1. The molecular formula is C19H21NO7. The summed E-state index contributed by atoms with van der Waals surface area (Å²) < 4.78 is 14.9. The first-order valence-electron chi connectivity index (χ1n) is 8.10. The molecule has 2 N–H and O–H groups in total. The number of hydrogen-bond donors (Lipinski definition) is 2. The second-order valence-corrected chi connectivity index (χ2v) is 5.91. The van der Waals surface area contributed by atoms with E-state index in [1.54, 1.807) is 13.8 Å². The minimum atomic E-state index is -1.15. The lowest BCUT2D eigenvalue weighted by molar-refractivity contribution is 0.0313. The van der Waals surface area contributed by atoms with Crippen LogP contribution in [0.1, 0.15) is 49.4 Å². The van der Waals surface area contributed by atoms with Crippen molar-refractivity contribution in [2.75, 3.05) is 14.2 Å². The summed E-state index contributed by atoms with van der Waals surface area (Å²) in [6.45, 7) is 4.65. The maximum Gasteiger partial charge on any atom is 0.342 e. The zero-order valence-electron chi connectivity index (χ0n) is 15.7. The molecule has 0 aliphatic rings. The van der Waals surface area contributed by atoms with Gasteiger partial charge in [-0.25, -0.2) is 9.59 Å². The van der Waals surface area contributed by atoms with Gasteiger partial charge in [-0.2, -0.15) is 0 Å². The largest absolute Gasteiger partial charge is 0.507 e. The molecule has 0 radical (unpaired) electrons. The second-order valence-electron chi connectivity index (χ2n) is 5.91. The molecule has 2 aromatic rings. The fourth-order valence-electron chi connectivity index (χ4n) is 2.69. The molecule has 0 saturated heterocycles. The second kappa shape index (κ2) is 7.94. The summed E-state index contributed by atoms with van der Waals surface area (Å²) in [6.07, 6.45) is -1.15. The van der Waals surface area contributed by atoms with Crippen LogP contribution in [0.25, 0.3) is 0 Å². The number of H-pyrrole nitrogens is 1. The molecule has 0 fully saturated rings. The van der Waals surface area contributed by atoms with Gasteiger partial charge in [0.15, 0.2) is 6.10 Å². The molecular weight excluding hydrogens is 354 g/mol. The van der Waals surface area contributed by atoms with Crippen molar-refractivity contribution in [1.82, 2.24) is 4.98 Å². The molecule has 0 unspecified atom stereocenters. The summed E-state index contributed by atoms with van der Waals surface area (Å²) in [5.74, 6) is -1.88. The minimum Gasteiger partial charge on any atom is -0.507 e. The first-order valence-corrected chi connectivity index (χ1v) is 8.10. The Morgan fingerprint density at radius 2 is 1.78 bits per heavy atom. The number of nitrogens with one attached hydrogen (secondary N) is 1. The summed E-state index contributed by atoms with van der Waals surface area (Å²) in [5.41, 5.74) is 1.19. The number of carbonyl (C=O) groups excluding carboxylic acids is 3. The van der Waals surface area contributed by atoms with E-state index in [0.717, 1.165) is 0 Å². The Kier molecular flexibility index (Phi) is 5.89. The average molecular weight is 375 g/mol. The molecule has 0 amide bonds. The number of Topliss-reactive ketones (excluding diaryl/α,β-unsaturated/α-hetero) is 1. The standard InChI is InChI=1S/C19H21NO7/c1-9-15(19(24)26-5)10(2)20-16(9)17(22)11(3)27-18(23)13-8-12(25-4)6-7-14(13)21/h6-8,11,20-21H,1-5H3/t11-/m0/s1. The fraction of sp³-hybridized carbons (Fsp3) is 0.316. The molecule has 1 atom stereocenters. The van der Waals surface area contributed by atoms with Crippen molar-refractivity contribution >= 4 is 17.7 Å². The number of aromatic nitrogens is 1. The van der Waals surface area contributed by atoms with Gasteiger partial charge in [-0.1, -0.05) is 0 Å². The van der Waals surface area contributed by atoms with E-state index < -0.39 is 23.8 Å². The van der Waals surface area contributed by atoms with Gasteiger partial charge < -0.3 is 24.3 Å². The first-order chi connectivity index (χ1) is 12.7. The predicted octanol–water partition coefficient (Wildman–Crippen LogP) is 2.56. The number of rotatable bonds is 6. The van der Waals surface area contributed by atoms with E-state index in [-0.39, 0.29) is 22.6 Å². The van der Waals surface area contributed by atoms with E-state index in [1.165, 1.54) is 39.3 Å². The van der Waals surface area contributed by atoms with Gasteiger partial charge in [0, 0.05) is 5.69 Å². The molecule has 144 valence electrons. The van der Waals surface area contributed by atoms with E-state index in [2.05, 4.69) is 4.98 Å². The van der Waals surface area contributed by atoms with Crippen LogP contribution in [-0.4, -0.2) is 48.1 Å². The van der Waals surface area contributed by atoms with Crippen molar-refractivity contribution in [2.24, 2.45) is 0 Å². The molecule has 1 aromatic heterocycles. The monoisotopic (exact) mass is 375 g/mol. The van der Waals surface area contributed by atoms with Crippen LogP contribution in [0.2, 0.25) is 0 Å². The maximum atomic E-state index is 12.7. The molecule has 2 rings (SSSR count). The summed E-state index contributed by atoms with van der Waals surface area (Å²) in [4.78, 5) is 39.7. The summed E-state index contributed by atoms with van der Waals surface area (Å²) in [5, 5.41) is 9.84. The number of ether oxygens (including phenoxy) is 3. The van der Waals surface area contributed by atoms with Gasteiger partial charge in [0.1, 0.15) is 17.1 Å². The van der Waals surface area contributed by atoms with Gasteiger partial charge in [-0.05, 0) is 44.5 Å². The Labute approximate surface area is 156 Å². The highest BCUT2D eigenvalue weighted by Crippen LogP contribution is 2.25. The van der Waals surface area contributed by atoms with Gasteiger partial charge in [0.05, 0.1) is 25.5 Å². The van der Waals surface area contributed by atoms with E-state index in [4.69, 9.17) is 14.2 Å². The zero-order valence-corrected chi connectivity index (χ0v) is 15.7. The number of aryl methyl sites for hydroxylation is 1. The van der Waals surface area contributed by atoms with Crippen molar-refractivity contribution in [2.45, 2.75) is 26.9 Å². The highest BCUT2D eigenvalue weighted by atomic mass is 16.5. The van der Waals surface area contributed by atoms with Crippen molar-refractivity contribution in [3.63, 3.8) is 0 Å². The van der Waals surface area contributed by atoms with Crippen LogP contribution in [0.5, 0.6) is 11.5 Å². The average Bonchev–Trinajstić information content (AvgIpc) is 2.94. The molecule has 27 heavy (non-hydrogen) atoms. The maximum absolute atomic E-state index is 12.7. The van der Waals surface area contributed by atoms with Crippen LogP contribution in [0.4, 0.5) is 0 Å². The van der Waals surface area contributed by atoms with Crippen LogP contribution >= 0.6 is 0 Å². The lowest BCUT2D eigenvalue weighted by Gasteiger charge is -2.13. The molecule has 1 heterocycles. The van der Waals surface area contributed by atoms with Crippen LogP contribution < -0.4 is 4.74 Å². The van der Waals surface area contributed by atoms with E-state index >= 15 is 0 Å². The number of benzene rings is 1. The molecule has 0 spiro atoms. The number of carbonyl (C=O) groups is 3. The van der Waals surface area contributed by atoms with E-state index in [0.29, 0.717) is 17.0 Å². The third-order valence-electron chi connectivity index (χ3n) is 4.15. The third kappa shape index (κ3) is 3.94. The molecule has 0 saturated carbocycles. The topological polar surface area (TPSA) is 115 Å². The van der Waals surface area contributed by atoms with Crippen LogP contribution in [0, 0.1) is 13.8 Å². The van der Waals surface area contributed by atoms with Crippen molar-refractivity contribution in [3.8, 4) is 11.5 Å². The van der Waals surface area contributed by atoms with Crippen LogP contribution in [-0.2, 0) is 9.47 Å². The Balaban J connectivity index is 2.24. The number of esters is 2. The number of hydrogen-bond acceptors (Lipinski definition) is 7. The minimum absolute atomic E-state index is 0.122. The summed E-state index contributed by atoms with van der Waals surface area (Å²) in [6, 6.07) is 4.09. The van der Waals surface area contributed by atoms with E-state index in [9.17, 15) is 19.5 Å². The van der Waals surface area contributed by atoms with Crippen LogP contribution in [0.15, 0.2) is 18.2 Å². The van der Waals surface area contributed by atoms with Gasteiger partial charge in [0.25, 0.3) is 0 Å². The number of phenolic OH excluding ortho intramolecular Hbond substituents is 1. The van der Waals surface area contributed by atoms with Gasteiger partial charge in [0.2, 0.25) is 5.78 Å². The zero-order chi connectivity index (χ0) is 20.3. The quantitative estimate of drug-likeness (QED) is 0.589. The summed E-state index contributed by atoms with van der Waals surface area (Å²) >= 11 is 0. The third-order valence-corrected chi connectivity index (χ3v) is 4.15. The highest BCUT2D eigenvalue weighted by Gasteiger charge is 2.28. The molecule has 0 aliphatic heterocycles. The van der Waals surface area contributed by atoms with Crippen molar-refractivity contribution in [1.29, 1.82) is 0 Å². The number of phenols is 1. The van der Waals surface area contributed by atoms with Gasteiger partial charge >= 0.3 is 11.9 Å². The first kappa shape index (κ1) is 20.0. The Morgan fingerprint density at radius 3 is 2.37 bits per heavy atom. The number of aromatic amines is 1. The Morgan fingerprint density at radius 1 is 1.11 bits per heavy atom. The predicted molar refractivity (Wildman–Crippen MR) is 95.5 cm³/mol. The molecule has 8 nitrogen and oxygen atoms in total. The SMILES string of the molecule is COC(=O)c1c(C)[nH]c(C(=O)[C@H](C)OC(=O)c2cc(OC)ccc2O)c1C. The normalized spacial score (nSPS) is 11.6. The van der Waals surface area contributed by atoms with Gasteiger partial charge in [-0.3, -0.25) is 4.79 Å². The number of ketones is 1. The molecule has 0 aliphatic carbocycles. The van der Waals surface area contributed by atoms with E-state index in [1.807, 2.05) is 0 Å².